The molecule has 0 spiro atoms. The molecule has 1 amide bonds. The highest BCUT2D eigenvalue weighted by atomic mass is 35.5. The van der Waals surface area contributed by atoms with Crippen LogP contribution >= 0.6 is 11.6 Å². The van der Waals surface area contributed by atoms with E-state index in [1.54, 1.807) is 41.4 Å². The summed E-state index contributed by atoms with van der Waals surface area (Å²) < 4.78 is 5.33. The van der Waals surface area contributed by atoms with Gasteiger partial charge in [0, 0.05) is 17.3 Å². The fourth-order valence-corrected chi connectivity index (χ4v) is 4.42. The van der Waals surface area contributed by atoms with Gasteiger partial charge in [0.25, 0.3) is 11.7 Å². The molecular weight excluding hydrogens is 392 g/mol. The number of pyridine rings is 1. The highest BCUT2D eigenvalue weighted by molar-refractivity contribution is 6.46. The summed E-state index contributed by atoms with van der Waals surface area (Å²) >= 11 is 6.11. The average molecular weight is 413 g/mol. The van der Waals surface area contributed by atoms with Crippen LogP contribution in [0.3, 0.4) is 0 Å². The third-order valence-corrected chi connectivity index (χ3v) is 5.82. The first-order chi connectivity index (χ1) is 14.0. The maximum Gasteiger partial charge on any atom is 0.295 e. The number of ketones is 1. The third kappa shape index (κ3) is 3.38. The third-order valence-electron chi connectivity index (χ3n) is 5.58. The first kappa shape index (κ1) is 19.5. The zero-order chi connectivity index (χ0) is 20.5. The van der Waals surface area contributed by atoms with Crippen molar-refractivity contribution in [1.82, 2.24) is 9.88 Å². The molecule has 1 N–H and O–H groups in total. The Morgan fingerprint density at radius 3 is 2.62 bits per heavy atom. The quantitative estimate of drug-likeness (QED) is 0.464. The van der Waals surface area contributed by atoms with E-state index in [4.69, 9.17) is 16.3 Å². The number of hydrogen-bond donors (Lipinski definition) is 1. The van der Waals surface area contributed by atoms with Gasteiger partial charge in [0.1, 0.15) is 17.6 Å². The number of aliphatic hydroxyl groups excluding tert-OH is 1. The molecule has 0 bridgehead atoms. The molecule has 2 fully saturated rings. The van der Waals surface area contributed by atoms with Gasteiger partial charge in [-0.3, -0.25) is 14.6 Å². The number of carbonyl (C=O) groups is 2. The van der Waals surface area contributed by atoms with E-state index in [2.05, 4.69) is 4.98 Å². The molecule has 150 valence electrons. The van der Waals surface area contributed by atoms with Crippen molar-refractivity contribution in [2.75, 3.05) is 7.11 Å². The lowest BCUT2D eigenvalue weighted by atomic mass is 9.97. The van der Waals surface area contributed by atoms with Gasteiger partial charge in [-0.15, -0.1) is 0 Å². The predicted octanol–water partition coefficient (Wildman–Crippen LogP) is 4.11. The van der Waals surface area contributed by atoms with E-state index in [9.17, 15) is 14.7 Å². The summed E-state index contributed by atoms with van der Waals surface area (Å²) in [7, 11) is 1.47. The van der Waals surface area contributed by atoms with Crippen molar-refractivity contribution in [1.29, 1.82) is 0 Å². The molecule has 2 aromatic rings. The number of nitrogens with zero attached hydrogens (tertiary/aromatic N) is 2. The molecule has 29 heavy (non-hydrogen) atoms. The number of rotatable bonds is 4. The van der Waals surface area contributed by atoms with Crippen LogP contribution in [-0.4, -0.2) is 39.8 Å². The van der Waals surface area contributed by atoms with Crippen LogP contribution in [-0.2, 0) is 9.59 Å². The van der Waals surface area contributed by atoms with E-state index in [-0.39, 0.29) is 22.9 Å². The van der Waals surface area contributed by atoms with E-state index < -0.39 is 17.7 Å². The summed E-state index contributed by atoms with van der Waals surface area (Å²) in [5, 5.41) is 11.5. The lowest BCUT2D eigenvalue weighted by Gasteiger charge is -2.30. The molecule has 6 nitrogen and oxygen atoms in total. The maximum atomic E-state index is 13.0. The number of hydrogen-bond acceptors (Lipinski definition) is 5. The normalized spacial score (nSPS) is 21.7. The SMILES string of the molecule is COc1ccc(Cl)cc1/C(O)=C1\C(=O)C(=O)N(C2CCCC2)C1c1ccccn1. The number of halogens is 1. The summed E-state index contributed by atoms with van der Waals surface area (Å²) in [5.41, 5.74) is 0.827. The van der Waals surface area contributed by atoms with Crippen molar-refractivity contribution >= 4 is 29.1 Å². The van der Waals surface area contributed by atoms with Crippen LogP contribution in [0.5, 0.6) is 5.75 Å². The van der Waals surface area contributed by atoms with E-state index in [1.807, 2.05) is 0 Å². The lowest BCUT2D eigenvalue weighted by molar-refractivity contribution is -0.141. The Morgan fingerprint density at radius 2 is 1.97 bits per heavy atom. The molecule has 7 heteroatoms. The Kier molecular flexibility index (Phi) is 5.28. The molecule has 1 aliphatic carbocycles. The molecule has 1 saturated heterocycles. The number of aromatic nitrogens is 1. The fourth-order valence-electron chi connectivity index (χ4n) is 4.25. The standard InChI is InChI=1S/C22H21ClN2O4/c1-29-17-10-9-13(23)12-15(17)20(26)18-19(16-8-4-5-11-24-16)25(22(28)21(18)27)14-6-2-3-7-14/h4-5,8-12,14,19,26H,2-3,6-7H2,1H3/b20-18+. The Labute approximate surface area is 173 Å². The van der Waals surface area contributed by atoms with Crippen molar-refractivity contribution in [3.63, 3.8) is 0 Å². The zero-order valence-electron chi connectivity index (χ0n) is 16.0. The van der Waals surface area contributed by atoms with Crippen LogP contribution in [0.4, 0.5) is 0 Å². The predicted molar refractivity (Wildman–Crippen MR) is 109 cm³/mol. The maximum absolute atomic E-state index is 13.0. The number of methoxy groups -OCH3 is 1. The van der Waals surface area contributed by atoms with E-state index >= 15 is 0 Å². The second-order valence-corrected chi connectivity index (χ2v) is 7.68. The Hall–Kier alpha value is -2.86. The lowest BCUT2D eigenvalue weighted by Crippen LogP contribution is -2.37. The van der Waals surface area contributed by atoms with E-state index in [0.29, 0.717) is 16.5 Å². The second kappa shape index (κ2) is 7.87. The minimum atomic E-state index is -0.747. The van der Waals surface area contributed by atoms with Crippen LogP contribution in [0.25, 0.3) is 5.76 Å². The zero-order valence-corrected chi connectivity index (χ0v) is 16.7. The van der Waals surface area contributed by atoms with Crippen LogP contribution < -0.4 is 4.74 Å². The van der Waals surface area contributed by atoms with Gasteiger partial charge in [0.2, 0.25) is 0 Å². The smallest absolute Gasteiger partial charge is 0.295 e. The Morgan fingerprint density at radius 1 is 1.21 bits per heavy atom. The first-order valence-corrected chi connectivity index (χ1v) is 9.95. The van der Waals surface area contributed by atoms with Crippen molar-refractivity contribution in [3.8, 4) is 5.75 Å². The number of Topliss-reactive ketones (excluding diaryl/α,β-unsaturated/α-hetero) is 1. The van der Waals surface area contributed by atoms with Gasteiger partial charge >= 0.3 is 0 Å². The van der Waals surface area contributed by atoms with Crippen molar-refractivity contribution in [2.45, 2.75) is 37.8 Å². The van der Waals surface area contributed by atoms with Gasteiger partial charge in [-0.25, -0.2) is 0 Å². The number of carbonyl (C=O) groups excluding carboxylic acids is 2. The molecular formula is C22H21ClN2O4. The molecule has 1 unspecified atom stereocenters. The van der Waals surface area contributed by atoms with Crippen LogP contribution in [0, 0.1) is 0 Å². The molecule has 1 aliphatic heterocycles. The molecule has 2 aliphatic rings. The van der Waals surface area contributed by atoms with Gasteiger partial charge in [0.15, 0.2) is 0 Å². The molecule has 4 rings (SSSR count). The second-order valence-electron chi connectivity index (χ2n) is 7.24. The van der Waals surface area contributed by atoms with Crippen LogP contribution in [0.1, 0.15) is 43.0 Å². The molecule has 1 aromatic carbocycles. The van der Waals surface area contributed by atoms with Crippen molar-refractivity contribution < 1.29 is 19.4 Å². The van der Waals surface area contributed by atoms with Crippen molar-refractivity contribution in [3.05, 3.63) is 64.4 Å². The number of benzene rings is 1. The van der Waals surface area contributed by atoms with E-state index in [1.165, 1.54) is 13.2 Å². The van der Waals surface area contributed by atoms with Crippen molar-refractivity contribution in [2.24, 2.45) is 0 Å². The van der Waals surface area contributed by atoms with Gasteiger partial charge in [0.05, 0.1) is 23.9 Å². The van der Waals surface area contributed by atoms with Crippen LogP contribution in [0.15, 0.2) is 48.2 Å². The summed E-state index contributed by atoms with van der Waals surface area (Å²) in [4.78, 5) is 32.0. The molecule has 1 saturated carbocycles. The molecule has 2 heterocycles. The molecule has 1 atom stereocenters. The highest BCUT2D eigenvalue weighted by Gasteiger charge is 2.49. The Bertz CT molecular complexity index is 984. The number of amides is 1. The summed E-state index contributed by atoms with van der Waals surface area (Å²) in [5.74, 6) is -1.26. The summed E-state index contributed by atoms with van der Waals surface area (Å²) in [6.45, 7) is 0. The number of aliphatic hydroxyl groups is 1. The van der Waals surface area contributed by atoms with E-state index in [0.717, 1.165) is 25.7 Å². The van der Waals surface area contributed by atoms with Gasteiger partial charge in [-0.1, -0.05) is 30.5 Å². The minimum absolute atomic E-state index is 0.0150. The fraction of sp³-hybridized carbons (Fsp3) is 0.318. The Balaban J connectivity index is 1.92. The van der Waals surface area contributed by atoms with Crippen LogP contribution in [0.2, 0.25) is 5.02 Å². The monoisotopic (exact) mass is 412 g/mol. The van der Waals surface area contributed by atoms with Gasteiger partial charge < -0.3 is 14.7 Å². The summed E-state index contributed by atoms with van der Waals surface area (Å²) in [6.07, 6.45) is 5.28. The summed E-state index contributed by atoms with van der Waals surface area (Å²) in [6, 6.07) is 9.30. The average Bonchev–Trinajstić information content (AvgIpc) is 3.35. The number of likely N-dealkylation sites (tertiary alicyclic amines) is 1. The minimum Gasteiger partial charge on any atom is -0.507 e. The molecule has 1 aromatic heterocycles. The first-order valence-electron chi connectivity index (χ1n) is 9.58. The van der Waals surface area contributed by atoms with Gasteiger partial charge in [-0.05, 0) is 43.2 Å². The molecule has 0 radical (unpaired) electrons. The largest absolute Gasteiger partial charge is 0.507 e. The topological polar surface area (TPSA) is 79.7 Å². The van der Waals surface area contributed by atoms with Gasteiger partial charge in [-0.2, -0.15) is 0 Å². The highest BCUT2D eigenvalue weighted by Crippen LogP contribution is 2.44. The number of ether oxygens (including phenoxy) is 1.